The first kappa shape index (κ1) is 15.5. The summed E-state index contributed by atoms with van der Waals surface area (Å²) in [4.78, 5) is 4.65. The Bertz CT molecular complexity index is 814. The lowest BCUT2D eigenvalue weighted by Gasteiger charge is -2.18. The summed E-state index contributed by atoms with van der Waals surface area (Å²) in [5.74, 6) is 1.35. The molecule has 0 fully saturated rings. The molecule has 0 aliphatic carbocycles. The van der Waals surface area contributed by atoms with Gasteiger partial charge in [0.05, 0.1) is 18.4 Å². The summed E-state index contributed by atoms with van der Waals surface area (Å²) < 4.78 is 3.89. The van der Waals surface area contributed by atoms with E-state index < -0.39 is 0 Å². The first-order valence-electron chi connectivity index (χ1n) is 8.06. The molecule has 6 nitrogen and oxygen atoms in total. The average molecular weight is 312 g/mol. The van der Waals surface area contributed by atoms with Gasteiger partial charge in [0.15, 0.2) is 5.65 Å². The fourth-order valence-corrected chi connectivity index (χ4v) is 2.75. The van der Waals surface area contributed by atoms with Crippen LogP contribution >= 0.6 is 0 Å². The van der Waals surface area contributed by atoms with E-state index in [-0.39, 0.29) is 6.04 Å². The summed E-state index contributed by atoms with van der Waals surface area (Å²) in [5, 5.41) is 12.5. The van der Waals surface area contributed by atoms with Crippen molar-refractivity contribution in [3.63, 3.8) is 0 Å². The van der Waals surface area contributed by atoms with Gasteiger partial charge in [-0.05, 0) is 32.8 Å². The average Bonchev–Trinajstić information content (AvgIpc) is 3.05. The highest BCUT2D eigenvalue weighted by molar-refractivity contribution is 5.50. The van der Waals surface area contributed by atoms with Gasteiger partial charge in [-0.15, -0.1) is 0 Å². The van der Waals surface area contributed by atoms with Crippen molar-refractivity contribution < 1.29 is 0 Å². The SMILES string of the molecule is Cc1cc(C)n(C[C@@H](C)Nc2cc(C(C)C)nc3ccnn23)n1. The van der Waals surface area contributed by atoms with Gasteiger partial charge in [0, 0.05) is 29.6 Å². The van der Waals surface area contributed by atoms with Crippen LogP contribution in [-0.4, -0.2) is 30.4 Å². The van der Waals surface area contributed by atoms with E-state index in [1.54, 1.807) is 6.20 Å². The van der Waals surface area contributed by atoms with Crippen molar-refractivity contribution in [2.24, 2.45) is 0 Å². The van der Waals surface area contributed by atoms with Crippen molar-refractivity contribution in [2.75, 3.05) is 5.32 Å². The molecule has 23 heavy (non-hydrogen) atoms. The number of hydrogen-bond acceptors (Lipinski definition) is 4. The van der Waals surface area contributed by atoms with Crippen LogP contribution in [0.25, 0.3) is 5.65 Å². The van der Waals surface area contributed by atoms with Gasteiger partial charge in [-0.1, -0.05) is 13.8 Å². The zero-order chi connectivity index (χ0) is 16.6. The number of nitrogens with zero attached hydrogens (tertiary/aromatic N) is 5. The highest BCUT2D eigenvalue weighted by Gasteiger charge is 2.12. The second-order valence-corrected chi connectivity index (χ2v) is 6.48. The largest absolute Gasteiger partial charge is 0.366 e. The maximum atomic E-state index is 4.65. The molecule has 6 heteroatoms. The third kappa shape index (κ3) is 3.21. The predicted molar refractivity (Wildman–Crippen MR) is 91.9 cm³/mol. The molecule has 0 unspecified atom stereocenters. The van der Waals surface area contributed by atoms with Gasteiger partial charge >= 0.3 is 0 Å². The van der Waals surface area contributed by atoms with Gasteiger partial charge in [0.1, 0.15) is 5.82 Å². The second kappa shape index (κ2) is 6.02. The Morgan fingerprint density at radius 1 is 1.17 bits per heavy atom. The third-order valence-corrected chi connectivity index (χ3v) is 3.92. The lowest BCUT2D eigenvalue weighted by molar-refractivity contribution is 0.543. The fraction of sp³-hybridized carbons (Fsp3) is 0.471. The number of rotatable bonds is 5. The standard InChI is InChI=1S/C17H24N6/c1-11(2)15-9-17(23-16(20-15)6-7-18-23)19-13(4)10-22-14(5)8-12(3)21-22/h6-9,11,13,19H,10H2,1-5H3/t13-/m1/s1. The van der Waals surface area contributed by atoms with Crippen LogP contribution < -0.4 is 5.32 Å². The monoisotopic (exact) mass is 312 g/mol. The predicted octanol–water partition coefficient (Wildman–Crippen LogP) is 3.17. The van der Waals surface area contributed by atoms with Crippen molar-refractivity contribution >= 4 is 11.5 Å². The molecule has 0 saturated carbocycles. The molecule has 3 heterocycles. The van der Waals surface area contributed by atoms with Crippen LogP contribution in [0.2, 0.25) is 0 Å². The van der Waals surface area contributed by atoms with Gasteiger partial charge in [-0.25, -0.2) is 4.98 Å². The third-order valence-electron chi connectivity index (χ3n) is 3.92. The Balaban J connectivity index is 1.85. The molecule has 0 aliphatic heterocycles. The zero-order valence-corrected chi connectivity index (χ0v) is 14.4. The van der Waals surface area contributed by atoms with Crippen LogP contribution in [-0.2, 0) is 6.54 Å². The van der Waals surface area contributed by atoms with Gasteiger partial charge in [-0.3, -0.25) is 4.68 Å². The van der Waals surface area contributed by atoms with E-state index in [2.05, 4.69) is 60.3 Å². The molecule has 0 amide bonds. The van der Waals surface area contributed by atoms with Crippen molar-refractivity contribution in [3.05, 3.63) is 41.5 Å². The molecule has 3 rings (SSSR count). The van der Waals surface area contributed by atoms with E-state index in [1.807, 2.05) is 22.2 Å². The molecule has 3 aromatic rings. The number of hydrogen-bond donors (Lipinski definition) is 1. The molecule has 0 radical (unpaired) electrons. The van der Waals surface area contributed by atoms with E-state index >= 15 is 0 Å². The van der Waals surface area contributed by atoms with Gasteiger partial charge in [0.2, 0.25) is 0 Å². The first-order chi connectivity index (χ1) is 10.9. The molecular weight excluding hydrogens is 288 g/mol. The molecule has 1 atom stereocenters. The Labute approximate surface area is 136 Å². The van der Waals surface area contributed by atoms with E-state index in [0.29, 0.717) is 5.92 Å². The normalized spacial score (nSPS) is 13.0. The van der Waals surface area contributed by atoms with Crippen LogP contribution in [0.3, 0.4) is 0 Å². The quantitative estimate of drug-likeness (QED) is 0.786. The van der Waals surface area contributed by atoms with Crippen molar-refractivity contribution in [2.45, 2.75) is 53.1 Å². The summed E-state index contributed by atoms with van der Waals surface area (Å²) in [6.07, 6.45) is 1.78. The Kier molecular flexibility index (Phi) is 4.07. The minimum absolute atomic E-state index is 0.225. The second-order valence-electron chi connectivity index (χ2n) is 6.48. The minimum atomic E-state index is 0.225. The maximum absolute atomic E-state index is 4.65. The zero-order valence-electron chi connectivity index (χ0n) is 14.4. The minimum Gasteiger partial charge on any atom is -0.366 e. The molecule has 3 aromatic heterocycles. The molecular formula is C17H24N6. The van der Waals surface area contributed by atoms with Gasteiger partial charge in [0.25, 0.3) is 0 Å². The molecule has 0 bridgehead atoms. The Morgan fingerprint density at radius 3 is 2.61 bits per heavy atom. The number of nitrogens with one attached hydrogen (secondary N) is 1. The van der Waals surface area contributed by atoms with Gasteiger partial charge < -0.3 is 5.32 Å². The molecule has 0 aromatic carbocycles. The number of aromatic nitrogens is 5. The molecule has 0 saturated heterocycles. The Hall–Kier alpha value is -2.37. The Morgan fingerprint density at radius 2 is 1.96 bits per heavy atom. The van der Waals surface area contributed by atoms with Crippen LogP contribution in [0.4, 0.5) is 5.82 Å². The molecule has 122 valence electrons. The summed E-state index contributed by atoms with van der Waals surface area (Å²) >= 11 is 0. The van der Waals surface area contributed by atoms with Crippen LogP contribution in [0, 0.1) is 13.8 Å². The molecule has 1 N–H and O–H groups in total. The number of fused-ring (bicyclic) bond motifs is 1. The highest BCUT2D eigenvalue weighted by atomic mass is 15.3. The van der Waals surface area contributed by atoms with Gasteiger partial charge in [-0.2, -0.15) is 14.7 Å². The van der Waals surface area contributed by atoms with E-state index in [9.17, 15) is 0 Å². The number of aryl methyl sites for hydroxylation is 2. The smallest absolute Gasteiger partial charge is 0.157 e. The van der Waals surface area contributed by atoms with Crippen molar-refractivity contribution in [3.8, 4) is 0 Å². The summed E-state index contributed by atoms with van der Waals surface area (Å²) in [7, 11) is 0. The summed E-state index contributed by atoms with van der Waals surface area (Å²) in [5.41, 5.74) is 4.17. The topological polar surface area (TPSA) is 60.0 Å². The van der Waals surface area contributed by atoms with Crippen LogP contribution in [0.5, 0.6) is 0 Å². The lowest BCUT2D eigenvalue weighted by atomic mass is 10.1. The van der Waals surface area contributed by atoms with E-state index in [0.717, 1.165) is 29.4 Å². The first-order valence-corrected chi connectivity index (χ1v) is 8.06. The van der Waals surface area contributed by atoms with Crippen molar-refractivity contribution in [1.29, 1.82) is 0 Å². The van der Waals surface area contributed by atoms with E-state index in [4.69, 9.17) is 0 Å². The van der Waals surface area contributed by atoms with Crippen LogP contribution in [0.15, 0.2) is 24.4 Å². The fourth-order valence-electron chi connectivity index (χ4n) is 2.75. The van der Waals surface area contributed by atoms with Crippen LogP contribution in [0.1, 0.15) is 43.8 Å². The van der Waals surface area contributed by atoms with E-state index in [1.165, 1.54) is 5.69 Å². The molecule has 0 spiro atoms. The maximum Gasteiger partial charge on any atom is 0.157 e. The summed E-state index contributed by atoms with van der Waals surface area (Å²) in [6, 6.07) is 6.34. The van der Waals surface area contributed by atoms with Crippen molar-refractivity contribution in [1.82, 2.24) is 24.4 Å². The lowest BCUT2D eigenvalue weighted by Crippen LogP contribution is -2.25. The highest BCUT2D eigenvalue weighted by Crippen LogP contribution is 2.19. The number of anilines is 1. The summed E-state index contributed by atoms with van der Waals surface area (Å²) in [6.45, 7) is 11.4. The molecule has 0 aliphatic rings.